The summed E-state index contributed by atoms with van der Waals surface area (Å²) >= 11 is 7.29. The minimum Gasteiger partial charge on any atom is -0.491 e. The molecule has 0 saturated carbocycles. The predicted octanol–water partition coefficient (Wildman–Crippen LogP) is 5.14. The molecule has 2 heterocycles. The number of benzene rings is 2. The second-order valence-corrected chi connectivity index (χ2v) is 9.58. The van der Waals surface area contributed by atoms with Crippen molar-refractivity contribution in [1.29, 1.82) is 0 Å². The van der Waals surface area contributed by atoms with Gasteiger partial charge in [-0.05, 0) is 81.4 Å². The third kappa shape index (κ3) is 6.26. The summed E-state index contributed by atoms with van der Waals surface area (Å²) in [4.78, 5) is 2.41. The molecule has 1 aliphatic heterocycles. The van der Waals surface area contributed by atoms with Gasteiger partial charge in [-0.1, -0.05) is 29.8 Å². The van der Waals surface area contributed by atoms with Gasteiger partial charge >= 0.3 is 0 Å². The number of likely N-dealkylation sites (tertiary alicyclic amines) is 1. The molecule has 1 N–H and O–H groups in total. The molecule has 1 saturated heterocycles. The van der Waals surface area contributed by atoms with E-state index in [1.807, 2.05) is 4.57 Å². The Morgan fingerprint density at radius 1 is 1.06 bits per heavy atom. The highest BCUT2D eigenvalue weighted by atomic mass is 35.5. The van der Waals surface area contributed by atoms with Crippen LogP contribution in [0.15, 0.2) is 53.7 Å². The lowest BCUT2D eigenvalue weighted by Crippen LogP contribution is -2.33. The van der Waals surface area contributed by atoms with Gasteiger partial charge in [-0.25, -0.2) is 4.39 Å². The van der Waals surface area contributed by atoms with Crippen LogP contribution in [-0.4, -0.2) is 56.3 Å². The van der Waals surface area contributed by atoms with Gasteiger partial charge in [-0.3, -0.25) is 9.47 Å². The molecule has 0 radical (unpaired) electrons. The molecule has 1 aliphatic rings. The predicted molar refractivity (Wildman–Crippen MR) is 129 cm³/mol. The summed E-state index contributed by atoms with van der Waals surface area (Å²) in [7, 11) is 0. The molecule has 2 unspecified atom stereocenters. The smallest absolute Gasteiger partial charge is 0.195 e. The minimum atomic E-state index is -0.702. The first-order valence-corrected chi connectivity index (χ1v) is 12.5. The van der Waals surface area contributed by atoms with Crippen molar-refractivity contribution in [3.8, 4) is 11.4 Å². The molecular formula is C24H28ClFN4O2S. The maximum absolute atomic E-state index is 13.6. The van der Waals surface area contributed by atoms with E-state index >= 15 is 0 Å². The van der Waals surface area contributed by atoms with E-state index in [0.717, 1.165) is 24.6 Å². The van der Waals surface area contributed by atoms with Crippen molar-refractivity contribution in [2.45, 2.75) is 43.5 Å². The summed E-state index contributed by atoms with van der Waals surface area (Å²) in [6.07, 6.45) is 2.91. The van der Waals surface area contributed by atoms with Crippen LogP contribution in [0.25, 0.3) is 5.69 Å². The van der Waals surface area contributed by atoms with Crippen LogP contribution in [0.5, 0.6) is 5.75 Å². The standard InChI is InChI=1S/C24H28ClFN4O2S/c1-17(29-13-3-2-4-14-29)23-27-28-24(30(23)20-9-7-19(26)8-10-20)33-16-21(31)15-32-22-11-5-18(25)6-12-22/h5-12,17,21,31H,2-4,13-16H2,1H3. The van der Waals surface area contributed by atoms with Crippen LogP contribution in [-0.2, 0) is 0 Å². The molecule has 3 aromatic rings. The van der Waals surface area contributed by atoms with E-state index in [0.29, 0.717) is 21.7 Å². The number of aliphatic hydroxyl groups excluding tert-OH is 1. The number of hydrogen-bond acceptors (Lipinski definition) is 6. The number of hydrogen-bond donors (Lipinski definition) is 1. The lowest BCUT2D eigenvalue weighted by Gasteiger charge is -2.31. The topological polar surface area (TPSA) is 63.4 Å². The molecule has 2 atom stereocenters. The van der Waals surface area contributed by atoms with Crippen LogP contribution in [0, 0.1) is 5.82 Å². The Bertz CT molecular complexity index is 1030. The van der Waals surface area contributed by atoms with E-state index in [9.17, 15) is 9.50 Å². The first kappa shape index (κ1) is 24.0. The Labute approximate surface area is 202 Å². The third-order valence-electron chi connectivity index (χ3n) is 5.72. The van der Waals surface area contributed by atoms with Crippen molar-refractivity contribution in [3.63, 3.8) is 0 Å². The maximum Gasteiger partial charge on any atom is 0.195 e. The molecule has 0 amide bonds. The maximum atomic E-state index is 13.6. The van der Waals surface area contributed by atoms with Gasteiger partial charge in [-0.2, -0.15) is 0 Å². The Morgan fingerprint density at radius 3 is 2.45 bits per heavy atom. The van der Waals surface area contributed by atoms with Crippen LogP contribution < -0.4 is 4.74 Å². The van der Waals surface area contributed by atoms with Crippen molar-refractivity contribution in [2.24, 2.45) is 0 Å². The highest BCUT2D eigenvalue weighted by Crippen LogP contribution is 2.30. The molecule has 1 aromatic heterocycles. The third-order valence-corrected chi connectivity index (χ3v) is 7.04. The van der Waals surface area contributed by atoms with Crippen LogP contribution in [0.2, 0.25) is 5.02 Å². The summed E-state index contributed by atoms with van der Waals surface area (Å²) in [6.45, 7) is 4.34. The molecule has 0 bridgehead atoms. The molecule has 6 nitrogen and oxygen atoms in total. The Hall–Kier alpha value is -2.13. The van der Waals surface area contributed by atoms with Gasteiger partial charge in [0, 0.05) is 16.5 Å². The molecule has 0 aliphatic carbocycles. The van der Waals surface area contributed by atoms with Crippen molar-refractivity contribution in [2.75, 3.05) is 25.4 Å². The number of thioether (sulfide) groups is 1. The van der Waals surface area contributed by atoms with Gasteiger partial charge in [0.15, 0.2) is 11.0 Å². The van der Waals surface area contributed by atoms with Crippen molar-refractivity contribution >= 4 is 23.4 Å². The van der Waals surface area contributed by atoms with E-state index < -0.39 is 6.10 Å². The Balaban J connectivity index is 1.47. The van der Waals surface area contributed by atoms with E-state index in [-0.39, 0.29) is 18.5 Å². The van der Waals surface area contributed by atoms with E-state index in [1.54, 1.807) is 36.4 Å². The summed E-state index contributed by atoms with van der Waals surface area (Å²) in [5.74, 6) is 1.56. The summed E-state index contributed by atoms with van der Waals surface area (Å²) in [5.41, 5.74) is 0.801. The number of halogens is 2. The quantitative estimate of drug-likeness (QED) is 0.419. The number of ether oxygens (including phenoxy) is 1. The highest BCUT2D eigenvalue weighted by Gasteiger charge is 2.26. The van der Waals surface area contributed by atoms with Crippen LogP contribution in [0.4, 0.5) is 4.39 Å². The minimum absolute atomic E-state index is 0.0790. The van der Waals surface area contributed by atoms with Crippen LogP contribution in [0.1, 0.15) is 38.1 Å². The van der Waals surface area contributed by atoms with E-state index in [1.165, 1.54) is 43.2 Å². The zero-order valence-corrected chi connectivity index (χ0v) is 20.1. The van der Waals surface area contributed by atoms with Gasteiger partial charge in [0.1, 0.15) is 18.2 Å². The SMILES string of the molecule is CC(c1nnc(SCC(O)COc2ccc(Cl)cc2)n1-c1ccc(F)cc1)N1CCCCC1. The molecule has 1 fully saturated rings. The zero-order valence-electron chi connectivity index (χ0n) is 18.5. The van der Waals surface area contributed by atoms with Crippen LogP contribution in [0.3, 0.4) is 0 Å². The molecule has 176 valence electrons. The van der Waals surface area contributed by atoms with Crippen LogP contribution >= 0.6 is 23.4 Å². The van der Waals surface area contributed by atoms with Gasteiger partial charge in [0.25, 0.3) is 0 Å². The highest BCUT2D eigenvalue weighted by molar-refractivity contribution is 7.99. The Morgan fingerprint density at radius 2 is 1.76 bits per heavy atom. The second-order valence-electron chi connectivity index (χ2n) is 8.15. The molecule has 33 heavy (non-hydrogen) atoms. The summed E-state index contributed by atoms with van der Waals surface area (Å²) in [6, 6.07) is 13.4. The number of aromatic nitrogens is 3. The van der Waals surface area contributed by atoms with Gasteiger partial charge in [0.05, 0.1) is 12.1 Å². The van der Waals surface area contributed by atoms with E-state index in [2.05, 4.69) is 22.0 Å². The fraction of sp³-hybridized carbons (Fsp3) is 0.417. The first-order chi connectivity index (χ1) is 16.0. The average Bonchev–Trinajstić information content (AvgIpc) is 3.27. The monoisotopic (exact) mass is 490 g/mol. The zero-order chi connectivity index (χ0) is 23.2. The molecule has 2 aromatic carbocycles. The van der Waals surface area contributed by atoms with Crippen molar-refractivity contribution in [3.05, 3.63) is 65.2 Å². The Kier molecular flexibility index (Phi) is 8.25. The van der Waals surface area contributed by atoms with Gasteiger partial charge < -0.3 is 9.84 Å². The lowest BCUT2D eigenvalue weighted by molar-refractivity contribution is 0.126. The fourth-order valence-electron chi connectivity index (χ4n) is 3.89. The summed E-state index contributed by atoms with van der Waals surface area (Å²) < 4.78 is 21.2. The fourth-order valence-corrected chi connectivity index (χ4v) is 4.88. The number of nitrogens with zero attached hydrogens (tertiary/aromatic N) is 4. The van der Waals surface area contributed by atoms with Gasteiger partial charge in [0.2, 0.25) is 0 Å². The number of rotatable bonds is 9. The molecular weight excluding hydrogens is 463 g/mol. The number of piperidine rings is 1. The molecule has 0 spiro atoms. The van der Waals surface area contributed by atoms with E-state index in [4.69, 9.17) is 16.3 Å². The largest absolute Gasteiger partial charge is 0.491 e. The molecule has 9 heteroatoms. The molecule has 4 rings (SSSR count). The van der Waals surface area contributed by atoms with Crippen molar-refractivity contribution < 1.29 is 14.2 Å². The average molecular weight is 491 g/mol. The lowest BCUT2D eigenvalue weighted by atomic mass is 10.1. The normalized spacial score (nSPS) is 16.5. The summed E-state index contributed by atoms with van der Waals surface area (Å²) in [5, 5.41) is 20.7. The van der Waals surface area contributed by atoms with Gasteiger partial charge in [-0.15, -0.1) is 10.2 Å². The first-order valence-electron chi connectivity index (χ1n) is 11.2. The van der Waals surface area contributed by atoms with Crippen molar-refractivity contribution in [1.82, 2.24) is 19.7 Å². The second kappa shape index (κ2) is 11.3. The number of aliphatic hydroxyl groups is 1.